The Morgan fingerprint density at radius 3 is 2.16 bits per heavy atom. The molecule has 2 aromatic rings. The van der Waals surface area contributed by atoms with E-state index in [-0.39, 0.29) is 16.5 Å². The van der Waals surface area contributed by atoms with Crippen LogP contribution in [0.4, 0.5) is 10.5 Å². The Balaban J connectivity index is 1.72. The van der Waals surface area contributed by atoms with Gasteiger partial charge in [0.05, 0.1) is 10.7 Å². The van der Waals surface area contributed by atoms with Gasteiger partial charge in [-0.1, -0.05) is 93.6 Å². The van der Waals surface area contributed by atoms with Gasteiger partial charge in [-0.25, -0.2) is 4.79 Å². The standard InChI is InChI=1S/C25H33Cl2NO3/c1-3-4-5-6-7-8-9-10-11-12-19-13-15-20(16-14-19)31-25(30)28-22-17-21(26)18(2)23(27)24(22)29/h13-17,29H,3-12H2,1-2H3,(H,28,30). The Labute approximate surface area is 195 Å². The molecule has 31 heavy (non-hydrogen) atoms. The van der Waals surface area contributed by atoms with E-state index in [4.69, 9.17) is 27.9 Å². The molecule has 0 aromatic heterocycles. The molecule has 0 aliphatic heterocycles. The zero-order valence-corrected chi connectivity index (χ0v) is 20.0. The Morgan fingerprint density at radius 1 is 0.968 bits per heavy atom. The van der Waals surface area contributed by atoms with Crippen LogP contribution in [-0.2, 0) is 6.42 Å². The molecule has 0 aliphatic rings. The van der Waals surface area contributed by atoms with Gasteiger partial charge in [0.15, 0.2) is 5.75 Å². The largest absolute Gasteiger partial charge is 0.504 e. The molecule has 0 saturated heterocycles. The minimum Gasteiger partial charge on any atom is -0.504 e. The number of phenolic OH excluding ortho intramolecular Hbond substituents is 1. The van der Waals surface area contributed by atoms with E-state index >= 15 is 0 Å². The first kappa shape index (κ1) is 25.4. The minimum absolute atomic E-state index is 0.101. The third kappa shape index (κ3) is 8.62. The summed E-state index contributed by atoms with van der Waals surface area (Å²) in [7, 11) is 0. The summed E-state index contributed by atoms with van der Waals surface area (Å²) in [5.74, 6) is 0.189. The number of halogens is 2. The highest BCUT2D eigenvalue weighted by Gasteiger charge is 2.15. The zero-order valence-electron chi connectivity index (χ0n) is 18.5. The van der Waals surface area contributed by atoms with Crippen molar-refractivity contribution in [2.45, 2.75) is 78.1 Å². The normalized spacial score (nSPS) is 10.8. The molecule has 2 rings (SSSR count). The summed E-state index contributed by atoms with van der Waals surface area (Å²) in [6, 6.07) is 8.94. The van der Waals surface area contributed by atoms with Crippen molar-refractivity contribution in [1.82, 2.24) is 0 Å². The lowest BCUT2D eigenvalue weighted by atomic mass is 10.0. The summed E-state index contributed by atoms with van der Waals surface area (Å²) in [4.78, 5) is 12.2. The lowest BCUT2D eigenvalue weighted by molar-refractivity contribution is 0.215. The molecule has 0 atom stereocenters. The number of nitrogens with one attached hydrogen (secondary N) is 1. The molecular formula is C25H33Cl2NO3. The molecule has 2 N–H and O–H groups in total. The molecule has 0 saturated carbocycles. The van der Waals surface area contributed by atoms with Crippen LogP contribution in [0.2, 0.25) is 10.0 Å². The number of carbonyl (C=O) groups excluding carboxylic acids is 1. The summed E-state index contributed by atoms with van der Waals surface area (Å²) in [6.45, 7) is 3.93. The van der Waals surface area contributed by atoms with Crippen molar-refractivity contribution in [2.75, 3.05) is 5.32 Å². The van der Waals surface area contributed by atoms with Crippen molar-refractivity contribution in [3.8, 4) is 11.5 Å². The third-order valence-corrected chi connectivity index (χ3v) is 6.22. The van der Waals surface area contributed by atoms with Gasteiger partial charge in [-0.2, -0.15) is 0 Å². The Kier molecular flexibility index (Phi) is 11.0. The van der Waals surface area contributed by atoms with Crippen molar-refractivity contribution in [3.63, 3.8) is 0 Å². The van der Waals surface area contributed by atoms with Crippen molar-refractivity contribution < 1.29 is 14.6 Å². The van der Waals surface area contributed by atoms with Crippen LogP contribution >= 0.6 is 23.2 Å². The molecule has 1 amide bonds. The molecule has 0 aliphatic carbocycles. The molecular weight excluding hydrogens is 433 g/mol. The maximum atomic E-state index is 12.2. The van der Waals surface area contributed by atoms with Gasteiger partial charge in [0.25, 0.3) is 0 Å². The van der Waals surface area contributed by atoms with E-state index in [1.165, 1.54) is 69.4 Å². The quantitative estimate of drug-likeness (QED) is 0.243. The van der Waals surface area contributed by atoms with Gasteiger partial charge in [0, 0.05) is 5.02 Å². The Hall–Kier alpha value is -1.91. The SMILES string of the molecule is CCCCCCCCCCCc1ccc(OC(=O)Nc2cc(Cl)c(C)c(Cl)c2O)cc1. The minimum atomic E-state index is -0.724. The second-order valence-electron chi connectivity index (χ2n) is 7.93. The van der Waals surface area contributed by atoms with Crippen molar-refractivity contribution >= 4 is 35.0 Å². The van der Waals surface area contributed by atoms with Crippen LogP contribution in [0, 0.1) is 6.92 Å². The van der Waals surface area contributed by atoms with Gasteiger partial charge in [0.1, 0.15) is 5.75 Å². The summed E-state index contributed by atoms with van der Waals surface area (Å²) in [5, 5.41) is 13.0. The molecule has 0 heterocycles. The fourth-order valence-electron chi connectivity index (χ4n) is 3.41. The highest BCUT2D eigenvalue weighted by Crippen LogP contribution is 2.38. The molecule has 4 nitrogen and oxygen atoms in total. The summed E-state index contributed by atoms with van der Waals surface area (Å²) < 4.78 is 5.29. The zero-order chi connectivity index (χ0) is 22.6. The van der Waals surface area contributed by atoms with Crippen LogP contribution in [0.5, 0.6) is 11.5 Å². The number of hydrogen-bond donors (Lipinski definition) is 2. The number of amides is 1. The number of anilines is 1. The molecule has 6 heteroatoms. The first-order valence-corrected chi connectivity index (χ1v) is 11.9. The molecule has 0 spiro atoms. The lowest BCUT2D eigenvalue weighted by Gasteiger charge is -2.12. The molecule has 0 bridgehead atoms. The van der Waals surface area contributed by atoms with Crippen LogP contribution in [-0.4, -0.2) is 11.2 Å². The van der Waals surface area contributed by atoms with E-state index in [2.05, 4.69) is 12.2 Å². The fourth-order valence-corrected chi connectivity index (χ4v) is 3.86. The summed E-state index contributed by atoms with van der Waals surface area (Å²) >= 11 is 12.1. The summed E-state index contributed by atoms with van der Waals surface area (Å²) in [6.07, 6.45) is 12.1. The number of benzene rings is 2. The molecule has 0 fully saturated rings. The van der Waals surface area contributed by atoms with Gasteiger partial charge in [-0.05, 0) is 49.1 Å². The summed E-state index contributed by atoms with van der Waals surface area (Å²) in [5.41, 5.74) is 1.88. The molecule has 0 radical (unpaired) electrons. The predicted octanol–water partition coefficient (Wildman–Crippen LogP) is 8.69. The third-order valence-electron chi connectivity index (χ3n) is 5.36. The number of unbranched alkanes of at least 4 members (excludes halogenated alkanes) is 8. The van der Waals surface area contributed by atoms with Gasteiger partial charge in [-0.3, -0.25) is 5.32 Å². The maximum Gasteiger partial charge on any atom is 0.417 e. The average Bonchev–Trinajstić information content (AvgIpc) is 2.76. The van der Waals surface area contributed by atoms with Crippen molar-refractivity contribution in [2.24, 2.45) is 0 Å². The monoisotopic (exact) mass is 465 g/mol. The van der Waals surface area contributed by atoms with E-state index in [1.807, 2.05) is 12.1 Å². The Bertz CT molecular complexity index is 838. The van der Waals surface area contributed by atoms with Gasteiger partial charge < -0.3 is 9.84 Å². The van der Waals surface area contributed by atoms with Crippen LogP contribution in [0.1, 0.15) is 75.8 Å². The van der Waals surface area contributed by atoms with E-state index in [9.17, 15) is 9.90 Å². The predicted molar refractivity (Wildman–Crippen MR) is 130 cm³/mol. The number of rotatable bonds is 12. The smallest absolute Gasteiger partial charge is 0.417 e. The molecule has 170 valence electrons. The first-order chi connectivity index (χ1) is 14.9. The fraction of sp³-hybridized carbons (Fsp3) is 0.480. The molecule has 2 aromatic carbocycles. The molecule has 0 unspecified atom stereocenters. The highest BCUT2D eigenvalue weighted by molar-refractivity contribution is 6.37. The number of phenols is 1. The number of aromatic hydroxyl groups is 1. The highest BCUT2D eigenvalue weighted by atomic mass is 35.5. The maximum absolute atomic E-state index is 12.2. The van der Waals surface area contributed by atoms with Crippen LogP contribution in [0.25, 0.3) is 0 Å². The van der Waals surface area contributed by atoms with E-state index < -0.39 is 6.09 Å². The van der Waals surface area contributed by atoms with E-state index in [1.54, 1.807) is 19.1 Å². The lowest BCUT2D eigenvalue weighted by Crippen LogP contribution is -2.17. The van der Waals surface area contributed by atoms with Crippen LogP contribution in [0.3, 0.4) is 0 Å². The van der Waals surface area contributed by atoms with Crippen molar-refractivity contribution in [1.29, 1.82) is 0 Å². The average molecular weight is 466 g/mol. The van der Waals surface area contributed by atoms with Gasteiger partial charge in [0.2, 0.25) is 0 Å². The topological polar surface area (TPSA) is 58.6 Å². The van der Waals surface area contributed by atoms with Gasteiger partial charge in [-0.15, -0.1) is 0 Å². The van der Waals surface area contributed by atoms with E-state index in [0.717, 1.165) is 6.42 Å². The van der Waals surface area contributed by atoms with Crippen LogP contribution < -0.4 is 10.1 Å². The number of ether oxygens (including phenoxy) is 1. The van der Waals surface area contributed by atoms with E-state index in [0.29, 0.717) is 16.3 Å². The van der Waals surface area contributed by atoms with Crippen molar-refractivity contribution in [3.05, 3.63) is 51.5 Å². The first-order valence-electron chi connectivity index (χ1n) is 11.2. The second kappa shape index (κ2) is 13.5. The Morgan fingerprint density at radius 2 is 1.55 bits per heavy atom. The number of aryl methyl sites for hydroxylation is 1. The second-order valence-corrected chi connectivity index (χ2v) is 8.72. The number of carbonyl (C=O) groups is 1. The van der Waals surface area contributed by atoms with Gasteiger partial charge >= 0.3 is 6.09 Å². The number of hydrogen-bond acceptors (Lipinski definition) is 3. The van der Waals surface area contributed by atoms with Crippen LogP contribution in [0.15, 0.2) is 30.3 Å².